The van der Waals surface area contributed by atoms with E-state index in [0.717, 1.165) is 5.69 Å². The van der Waals surface area contributed by atoms with Crippen LogP contribution in [0.3, 0.4) is 0 Å². The highest BCUT2D eigenvalue weighted by Crippen LogP contribution is 2.00. The SMILES string of the molecule is CCOc1nccc(C)n1. The van der Waals surface area contributed by atoms with Crippen molar-refractivity contribution in [2.45, 2.75) is 13.8 Å². The Morgan fingerprint density at radius 1 is 1.60 bits per heavy atom. The summed E-state index contributed by atoms with van der Waals surface area (Å²) in [6, 6.07) is 2.30. The molecule has 0 aliphatic carbocycles. The summed E-state index contributed by atoms with van der Waals surface area (Å²) in [4.78, 5) is 7.93. The van der Waals surface area contributed by atoms with E-state index in [4.69, 9.17) is 4.74 Å². The standard InChI is InChI=1S/C7H10N2O/c1-3-10-7-8-5-4-6(2)9-7/h4-5H,3H2,1-2H3. The van der Waals surface area contributed by atoms with Crippen LogP contribution in [0.15, 0.2) is 12.3 Å². The van der Waals surface area contributed by atoms with Gasteiger partial charge in [-0.05, 0) is 19.9 Å². The molecule has 0 aliphatic rings. The molecule has 3 heteroatoms. The van der Waals surface area contributed by atoms with Gasteiger partial charge >= 0.3 is 6.01 Å². The number of rotatable bonds is 2. The maximum Gasteiger partial charge on any atom is 0.316 e. The smallest absolute Gasteiger partial charge is 0.316 e. The number of nitrogens with zero attached hydrogens (tertiary/aromatic N) is 2. The van der Waals surface area contributed by atoms with Crippen molar-refractivity contribution in [3.63, 3.8) is 0 Å². The van der Waals surface area contributed by atoms with E-state index in [0.29, 0.717) is 12.6 Å². The molecule has 10 heavy (non-hydrogen) atoms. The fourth-order valence-corrected chi connectivity index (χ4v) is 0.625. The van der Waals surface area contributed by atoms with Crippen LogP contribution in [0.4, 0.5) is 0 Å². The largest absolute Gasteiger partial charge is 0.464 e. The Labute approximate surface area is 60.1 Å². The minimum absolute atomic E-state index is 0.461. The van der Waals surface area contributed by atoms with Crippen LogP contribution in [0.5, 0.6) is 6.01 Å². The van der Waals surface area contributed by atoms with Gasteiger partial charge in [-0.25, -0.2) is 9.97 Å². The lowest BCUT2D eigenvalue weighted by molar-refractivity contribution is 0.311. The Hall–Kier alpha value is -1.12. The van der Waals surface area contributed by atoms with E-state index >= 15 is 0 Å². The van der Waals surface area contributed by atoms with Crippen LogP contribution in [-0.2, 0) is 0 Å². The molecule has 1 rings (SSSR count). The predicted molar refractivity (Wildman–Crippen MR) is 37.9 cm³/mol. The van der Waals surface area contributed by atoms with Crippen LogP contribution < -0.4 is 4.74 Å². The third kappa shape index (κ3) is 1.69. The van der Waals surface area contributed by atoms with E-state index in [1.54, 1.807) is 6.20 Å². The van der Waals surface area contributed by atoms with Crippen LogP contribution >= 0.6 is 0 Å². The molecule has 3 nitrogen and oxygen atoms in total. The summed E-state index contributed by atoms with van der Waals surface area (Å²) >= 11 is 0. The van der Waals surface area contributed by atoms with Gasteiger partial charge in [0.15, 0.2) is 0 Å². The Bertz CT molecular complexity index is 213. The van der Waals surface area contributed by atoms with Crippen molar-refractivity contribution in [3.8, 4) is 6.01 Å². The monoisotopic (exact) mass is 138 g/mol. The van der Waals surface area contributed by atoms with Gasteiger partial charge < -0.3 is 4.74 Å². The Morgan fingerprint density at radius 3 is 3.00 bits per heavy atom. The molecule has 0 atom stereocenters. The van der Waals surface area contributed by atoms with Crippen LogP contribution in [0.25, 0.3) is 0 Å². The Kier molecular flexibility index (Phi) is 2.20. The molecule has 54 valence electrons. The summed E-state index contributed by atoms with van der Waals surface area (Å²) < 4.78 is 5.06. The van der Waals surface area contributed by atoms with E-state index in [2.05, 4.69) is 9.97 Å². The maximum atomic E-state index is 5.06. The van der Waals surface area contributed by atoms with E-state index < -0.39 is 0 Å². The summed E-state index contributed by atoms with van der Waals surface area (Å²) in [5.41, 5.74) is 0.929. The maximum absolute atomic E-state index is 5.06. The van der Waals surface area contributed by atoms with Gasteiger partial charge in [0.2, 0.25) is 0 Å². The minimum atomic E-state index is 0.461. The van der Waals surface area contributed by atoms with Gasteiger partial charge in [0.1, 0.15) is 0 Å². The zero-order chi connectivity index (χ0) is 7.40. The third-order valence-corrected chi connectivity index (χ3v) is 1.05. The summed E-state index contributed by atoms with van der Waals surface area (Å²) in [6.07, 6.45) is 1.69. The van der Waals surface area contributed by atoms with Gasteiger partial charge in [0.05, 0.1) is 6.61 Å². The summed E-state index contributed by atoms with van der Waals surface area (Å²) in [6.45, 7) is 4.43. The van der Waals surface area contributed by atoms with Gasteiger partial charge in [-0.15, -0.1) is 0 Å². The second-order valence-electron chi connectivity index (χ2n) is 1.91. The number of aryl methyl sites for hydroxylation is 1. The summed E-state index contributed by atoms with van der Waals surface area (Å²) in [5.74, 6) is 0. The summed E-state index contributed by atoms with van der Waals surface area (Å²) in [5, 5.41) is 0. The predicted octanol–water partition coefficient (Wildman–Crippen LogP) is 1.18. The van der Waals surface area contributed by atoms with Crippen LogP contribution in [0, 0.1) is 6.92 Å². The molecule has 0 saturated heterocycles. The lowest BCUT2D eigenvalue weighted by Crippen LogP contribution is -1.97. The molecule has 0 amide bonds. The van der Waals surface area contributed by atoms with Crippen molar-refractivity contribution in [3.05, 3.63) is 18.0 Å². The van der Waals surface area contributed by atoms with Gasteiger partial charge in [0.25, 0.3) is 0 Å². The average molecular weight is 138 g/mol. The van der Waals surface area contributed by atoms with Crippen molar-refractivity contribution in [1.82, 2.24) is 9.97 Å². The average Bonchev–Trinajstić information content (AvgIpc) is 1.88. The van der Waals surface area contributed by atoms with Crippen LogP contribution in [0.2, 0.25) is 0 Å². The molecule has 1 aromatic heterocycles. The molecule has 0 aliphatic heterocycles. The molecule has 0 N–H and O–H groups in total. The zero-order valence-electron chi connectivity index (χ0n) is 6.16. The molecule has 0 fully saturated rings. The first kappa shape index (κ1) is 6.99. The summed E-state index contributed by atoms with van der Waals surface area (Å²) in [7, 11) is 0. The molecule has 0 unspecified atom stereocenters. The van der Waals surface area contributed by atoms with Gasteiger partial charge in [-0.2, -0.15) is 0 Å². The van der Waals surface area contributed by atoms with Crippen molar-refractivity contribution in [1.29, 1.82) is 0 Å². The fourth-order valence-electron chi connectivity index (χ4n) is 0.625. The highest BCUT2D eigenvalue weighted by molar-refractivity contribution is 5.02. The van der Waals surface area contributed by atoms with Crippen molar-refractivity contribution >= 4 is 0 Å². The van der Waals surface area contributed by atoms with Crippen LogP contribution in [-0.4, -0.2) is 16.6 Å². The van der Waals surface area contributed by atoms with Gasteiger partial charge in [-0.3, -0.25) is 0 Å². The Morgan fingerprint density at radius 2 is 2.40 bits per heavy atom. The van der Waals surface area contributed by atoms with Gasteiger partial charge in [-0.1, -0.05) is 0 Å². The third-order valence-electron chi connectivity index (χ3n) is 1.05. The van der Waals surface area contributed by atoms with Crippen LogP contribution in [0.1, 0.15) is 12.6 Å². The molecule has 1 heterocycles. The quantitative estimate of drug-likeness (QED) is 0.615. The first-order valence-corrected chi connectivity index (χ1v) is 3.25. The van der Waals surface area contributed by atoms with Crippen molar-refractivity contribution in [2.24, 2.45) is 0 Å². The highest BCUT2D eigenvalue weighted by Gasteiger charge is 1.92. The molecule has 0 aromatic carbocycles. The van der Waals surface area contributed by atoms with E-state index in [1.165, 1.54) is 0 Å². The molecule has 0 saturated carbocycles. The molecular weight excluding hydrogens is 128 g/mol. The lowest BCUT2D eigenvalue weighted by atomic mass is 10.5. The van der Waals surface area contributed by atoms with Gasteiger partial charge in [0, 0.05) is 11.9 Å². The van der Waals surface area contributed by atoms with Crippen molar-refractivity contribution < 1.29 is 4.74 Å². The minimum Gasteiger partial charge on any atom is -0.464 e. The first-order chi connectivity index (χ1) is 4.83. The number of hydrogen-bond acceptors (Lipinski definition) is 3. The molecule has 0 spiro atoms. The topological polar surface area (TPSA) is 35.0 Å². The lowest BCUT2D eigenvalue weighted by Gasteiger charge is -1.98. The zero-order valence-corrected chi connectivity index (χ0v) is 6.16. The highest BCUT2D eigenvalue weighted by atomic mass is 16.5. The second-order valence-corrected chi connectivity index (χ2v) is 1.91. The van der Waals surface area contributed by atoms with E-state index in [9.17, 15) is 0 Å². The van der Waals surface area contributed by atoms with E-state index in [1.807, 2.05) is 19.9 Å². The number of hydrogen-bond donors (Lipinski definition) is 0. The number of aromatic nitrogens is 2. The van der Waals surface area contributed by atoms with Crippen molar-refractivity contribution in [2.75, 3.05) is 6.61 Å². The fraction of sp³-hybridized carbons (Fsp3) is 0.429. The number of ether oxygens (including phenoxy) is 1. The molecule has 1 aromatic rings. The normalized spacial score (nSPS) is 9.40. The molecule has 0 bridgehead atoms. The second kappa shape index (κ2) is 3.15. The van der Waals surface area contributed by atoms with E-state index in [-0.39, 0.29) is 0 Å². The first-order valence-electron chi connectivity index (χ1n) is 3.25. The molecule has 0 radical (unpaired) electrons. The molecular formula is C7H10N2O. The Balaban J connectivity index is 2.75.